The first-order chi connectivity index (χ1) is 15.2. The molecule has 0 N–H and O–H groups in total. The maximum absolute atomic E-state index is 13.9. The highest BCUT2D eigenvalue weighted by molar-refractivity contribution is 9.10. The van der Waals surface area contributed by atoms with E-state index in [1.807, 2.05) is 24.3 Å². The van der Waals surface area contributed by atoms with Gasteiger partial charge in [-0.1, -0.05) is 51.3 Å². The van der Waals surface area contributed by atoms with E-state index in [9.17, 15) is 9.36 Å². The molecule has 0 saturated carbocycles. The van der Waals surface area contributed by atoms with E-state index >= 15 is 0 Å². The number of carbonyl (C=O) groups excluding carboxylic acids is 1. The standard InChI is InChI=1S/C21H17BrCl2N3O4P/c1-21(11-13-2-4-14(22)5-3-13)19(28)26(17-9-15(23)8-16(24)10-17)20-25-12-18(27(20)21)32(29)30-6-7-31-32/h2-5,8-10,12H,6-7,11H2,1H3/t21-/m1/s1. The van der Waals surface area contributed by atoms with Crippen LogP contribution in [-0.2, 0) is 30.4 Å². The Balaban J connectivity index is 1.69. The van der Waals surface area contributed by atoms with Gasteiger partial charge in [0.15, 0.2) is 5.44 Å². The summed E-state index contributed by atoms with van der Waals surface area (Å²) in [7, 11) is -3.61. The molecule has 3 aromatic rings. The van der Waals surface area contributed by atoms with Crippen LogP contribution in [0.4, 0.5) is 11.6 Å². The van der Waals surface area contributed by atoms with Gasteiger partial charge in [0.1, 0.15) is 5.54 Å². The van der Waals surface area contributed by atoms with Crippen molar-refractivity contribution >= 4 is 69.7 Å². The molecule has 0 aliphatic carbocycles. The van der Waals surface area contributed by atoms with Gasteiger partial charge in [0.05, 0.1) is 25.1 Å². The van der Waals surface area contributed by atoms with Gasteiger partial charge in [-0.05, 0) is 42.8 Å². The van der Waals surface area contributed by atoms with Gasteiger partial charge in [0, 0.05) is 20.9 Å². The van der Waals surface area contributed by atoms with E-state index in [2.05, 4.69) is 20.9 Å². The Kier molecular flexibility index (Phi) is 5.52. The van der Waals surface area contributed by atoms with Crippen molar-refractivity contribution in [2.75, 3.05) is 18.1 Å². The molecule has 166 valence electrons. The lowest BCUT2D eigenvalue weighted by Crippen LogP contribution is -2.44. The number of benzene rings is 2. The van der Waals surface area contributed by atoms with E-state index in [4.69, 9.17) is 32.2 Å². The second-order valence-electron chi connectivity index (χ2n) is 7.76. The zero-order valence-electron chi connectivity index (χ0n) is 16.8. The van der Waals surface area contributed by atoms with Gasteiger partial charge in [-0.25, -0.2) is 9.88 Å². The zero-order valence-corrected chi connectivity index (χ0v) is 20.8. The maximum Gasteiger partial charge on any atom is 0.379 e. The van der Waals surface area contributed by atoms with Crippen molar-refractivity contribution in [3.05, 3.63) is 68.7 Å². The highest BCUT2D eigenvalue weighted by Gasteiger charge is 2.53. The van der Waals surface area contributed by atoms with Crippen LogP contribution in [0.3, 0.4) is 0 Å². The zero-order chi connectivity index (χ0) is 22.7. The summed E-state index contributed by atoms with van der Waals surface area (Å²) in [5, 5.41) is 0.769. The quantitative estimate of drug-likeness (QED) is 0.399. The largest absolute Gasteiger partial charge is 0.379 e. The maximum atomic E-state index is 13.9. The fraction of sp³-hybridized carbons (Fsp3) is 0.238. The van der Waals surface area contributed by atoms with Crippen LogP contribution in [0.25, 0.3) is 0 Å². The molecule has 2 aliphatic rings. The molecule has 7 nitrogen and oxygen atoms in total. The molecule has 0 unspecified atom stereocenters. The monoisotopic (exact) mass is 555 g/mol. The summed E-state index contributed by atoms with van der Waals surface area (Å²) < 4.78 is 26.9. The minimum atomic E-state index is -3.61. The normalized spacial score (nSPS) is 21.9. The lowest BCUT2D eigenvalue weighted by molar-refractivity contribution is -0.123. The number of anilines is 2. The summed E-state index contributed by atoms with van der Waals surface area (Å²) in [5.74, 6) is 0.0474. The van der Waals surface area contributed by atoms with E-state index in [0.29, 0.717) is 28.1 Å². The average molecular weight is 557 g/mol. The van der Waals surface area contributed by atoms with Crippen molar-refractivity contribution in [1.82, 2.24) is 9.55 Å². The number of halogens is 3. The molecule has 0 radical (unpaired) electrons. The van der Waals surface area contributed by atoms with Gasteiger partial charge in [0.25, 0.3) is 5.91 Å². The predicted octanol–water partition coefficient (Wildman–Crippen LogP) is 5.45. The van der Waals surface area contributed by atoms with Gasteiger partial charge >= 0.3 is 7.60 Å². The summed E-state index contributed by atoms with van der Waals surface area (Å²) >= 11 is 15.9. The first-order valence-electron chi connectivity index (χ1n) is 9.74. The van der Waals surface area contributed by atoms with E-state index < -0.39 is 13.1 Å². The lowest BCUT2D eigenvalue weighted by atomic mass is 9.92. The summed E-state index contributed by atoms with van der Waals surface area (Å²) in [4.78, 5) is 19.8. The molecular formula is C21H17BrCl2N3O4P. The smallest absolute Gasteiger partial charge is 0.302 e. The predicted molar refractivity (Wildman–Crippen MR) is 126 cm³/mol. The molecule has 2 aliphatic heterocycles. The second kappa shape index (κ2) is 7.97. The summed E-state index contributed by atoms with van der Waals surface area (Å²) in [6.07, 6.45) is 1.78. The number of nitrogens with zero attached hydrogens (tertiary/aromatic N) is 3. The third kappa shape index (κ3) is 3.54. The fourth-order valence-electron chi connectivity index (χ4n) is 4.13. The van der Waals surface area contributed by atoms with Crippen molar-refractivity contribution in [3.8, 4) is 0 Å². The van der Waals surface area contributed by atoms with E-state index in [1.165, 1.54) is 11.1 Å². The Morgan fingerprint density at radius 1 is 1.12 bits per heavy atom. The summed E-state index contributed by atoms with van der Waals surface area (Å²) in [6, 6.07) is 12.6. The van der Waals surface area contributed by atoms with Crippen LogP contribution in [0, 0.1) is 0 Å². The number of fused-ring (bicyclic) bond motifs is 1. The molecule has 3 heterocycles. The fourth-order valence-corrected chi connectivity index (χ4v) is 6.63. The number of imidazole rings is 1. The van der Waals surface area contributed by atoms with Gasteiger partial charge in [-0.3, -0.25) is 13.9 Å². The molecular weight excluding hydrogens is 540 g/mol. The van der Waals surface area contributed by atoms with Crippen molar-refractivity contribution < 1.29 is 18.4 Å². The molecule has 1 fully saturated rings. The number of aromatic nitrogens is 2. The van der Waals surface area contributed by atoms with Gasteiger partial charge < -0.3 is 9.05 Å². The van der Waals surface area contributed by atoms with Crippen LogP contribution in [0.1, 0.15) is 12.5 Å². The molecule has 1 amide bonds. The van der Waals surface area contributed by atoms with Crippen molar-refractivity contribution in [2.45, 2.75) is 18.9 Å². The molecule has 11 heteroatoms. The molecule has 5 rings (SSSR count). The first kappa shape index (κ1) is 22.1. The highest BCUT2D eigenvalue weighted by atomic mass is 79.9. The number of rotatable bonds is 4. The molecule has 1 aromatic heterocycles. The Morgan fingerprint density at radius 3 is 2.38 bits per heavy atom. The minimum Gasteiger partial charge on any atom is -0.302 e. The van der Waals surface area contributed by atoms with Crippen molar-refractivity contribution in [2.24, 2.45) is 0 Å². The highest BCUT2D eigenvalue weighted by Crippen LogP contribution is 2.53. The third-order valence-corrected chi connectivity index (χ3v) is 8.42. The Hall–Kier alpha value is -1.67. The number of hydrogen-bond acceptors (Lipinski definition) is 5. The molecule has 32 heavy (non-hydrogen) atoms. The molecule has 1 saturated heterocycles. The van der Waals surface area contributed by atoms with Crippen LogP contribution < -0.4 is 10.3 Å². The Labute approximate surface area is 202 Å². The van der Waals surface area contributed by atoms with E-state index in [-0.39, 0.29) is 24.6 Å². The second-order valence-corrected chi connectivity index (χ2v) is 11.5. The third-order valence-electron chi connectivity index (χ3n) is 5.54. The molecule has 0 spiro atoms. The van der Waals surface area contributed by atoms with Crippen molar-refractivity contribution in [1.29, 1.82) is 0 Å². The Morgan fingerprint density at radius 2 is 1.75 bits per heavy atom. The van der Waals surface area contributed by atoms with Crippen molar-refractivity contribution in [3.63, 3.8) is 0 Å². The molecule has 1 atom stereocenters. The van der Waals surface area contributed by atoms with Gasteiger partial charge in [-0.2, -0.15) is 0 Å². The summed E-state index contributed by atoms with van der Waals surface area (Å²) in [6.45, 7) is 2.21. The topological polar surface area (TPSA) is 73.7 Å². The van der Waals surface area contributed by atoms with Crippen LogP contribution in [0.15, 0.2) is 53.1 Å². The number of carbonyl (C=O) groups is 1. The number of amides is 1. The van der Waals surface area contributed by atoms with Crippen LogP contribution >= 0.6 is 46.7 Å². The van der Waals surface area contributed by atoms with E-state index in [1.54, 1.807) is 29.7 Å². The number of hydrogen-bond donors (Lipinski definition) is 0. The summed E-state index contributed by atoms with van der Waals surface area (Å²) in [5.41, 5.74) is 0.494. The van der Waals surface area contributed by atoms with Crippen LogP contribution in [0.5, 0.6) is 0 Å². The van der Waals surface area contributed by atoms with E-state index in [0.717, 1.165) is 10.0 Å². The lowest BCUT2D eigenvalue weighted by Gasteiger charge is -2.27. The van der Waals surface area contributed by atoms with Crippen LogP contribution in [-0.4, -0.2) is 28.7 Å². The van der Waals surface area contributed by atoms with Gasteiger partial charge in [0.2, 0.25) is 5.95 Å². The van der Waals surface area contributed by atoms with Crippen LogP contribution in [0.2, 0.25) is 10.0 Å². The average Bonchev–Trinajstić information content (AvgIpc) is 3.41. The Bertz CT molecular complexity index is 1250. The molecule has 0 bridgehead atoms. The van der Waals surface area contributed by atoms with Gasteiger partial charge in [-0.15, -0.1) is 0 Å². The first-order valence-corrected chi connectivity index (χ1v) is 12.8. The molecule has 2 aromatic carbocycles. The minimum absolute atomic E-state index is 0.211. The SMILES string of the molecule is C[C@@]1(Cc2ccc(Br)cc2)C(=O)N(c2cc(Cl)cc(Cl)c2)c2ncc(P3(=O)OCCO3)n21.